The summed E-state index contributed by atoms with van der Waals surface area (Å²) in [5.41, 5.74) is 1.82. The van der Waals surface area contributed by atoms with Crippen molar-refractivity contribution < 1.29 is 14.4 Å². The van der Waals surface area contributed by atoms with E-state index in [1.165, 1.54) is 6.92 Å². The molecule has 2 N–H and O–H groups in total. The Balaban J connectivity index is 1.91. The summed E-state index contributed by atoms with van der Waals surface area (Å²) >= 11 is 0. The molecule has 5 heteroatoms. The van der Waals surface area contributed by atoms with E-state index in [-0.39, 0.29) is 24.0 Å². The third kappa shape index (κ3) is 3.95. The number of hydrogen-bond donors (Lipinski definition) is 2. The topological polar surface area (TPSA) is 75.3 Å². The van der Waals surface area contributed by atoms with E-state index >= 15 is 0 Å². The lowest BCUT2D eigenvalue weighted by Gasteiger charge is -2.13. The van der Waals surface area contributed by atoms with Gasteiger partial charge in [-0.15, -0.1) is 0 Å². The van der Waals surface area contributed by atoms with E-state index in [9.17, 15) is 14.4 Å². The van der Waals surface area contributed by atoms with Crippen LogP contribution in [-0.4, -0.2) is 17.6 Å². The third-order valence-corrected chi connectivity index (χ3v) is 3.89. The monoisotopic (exact) mass is 346 g/mol. The van der Waals surface area contributed by atoms with E-state index in [1.54, 1.807) is 36.4 Å². The number of anilines is 2. The highest BCUT2D eigenvalue weighted by Crippen LogP contribution is 2.30. The number of Topliss-reactive ketones (excluding diaryl/α,β-unsaturated/α-hetero) is 1. The minimum absolute atomic E-state index is 0.166. The van der Waals surface area contributed by atoms with Crippen molar-refractivity contribution in [2.24, 2.45) is 0 Å². The Bertz CT molecular complexity index is 981. The normalized spacial score (nSPS) is 10.3. The van der Waals surface area contributed by atoms with Crippen LogP contribution in [0, 0.1) is 0 Å². The molecule has 0 fully saturated rings. The van der Waals surface area contributed by atoms with Crippen molar-refractivity contribution in [2.75, 3.05) is 10.6 Å². The number of benzene rings is 3. The van der Waals surface area contributed by atoms with E-state index in [1.807, 2.05) is 30.3 Å². The first-order valence-corrected chi connectivity index (χ1v) is 8.22. The number of carbonyl (C=O) groups is 3. The fourth-order valence-electron chi connectivity index (χ4n) is 2.72. The van der Waals surface area contributed by atoms with Crippen molar-refractivity contribution in [2.45, 2.75) is 13.3 Å². The molecule has 0 aliphatic rings. The van der Waals surface area contributed by atoms with Crippen LogP contribution >= 0.6 is 0 Å². The summed E-state index contributed by atoms with van der Waals surface area (Å²) in [6.07, 6.45) is -0.166. The summed E-state index contributed by atoms with van der Waals surface area (Å²) in [7, 11) is 0. The Hall–Kier alpha value is -3.47. The molecule has 5 nitrogen and oxygen atoms in total. The number of rotatable bonds is 5. The van der Waals surface area contributed by atoms with Gasteiger partial charge in [-0.25, -0.2) is 0 Å². The van der Waals surface area contributed by atoms with E-state index in [0.717, 1.165) is 10.8 Å². The minimum atomic E-state index is -0.358. The standard InChI is InChI=1S/C21H18N2O3/c1-14(24)13-20(25)22-18-11-12-19(17-10-6-5-9-16(17)18)23-21(26)15-7-3-2-4-8-15/h2-12H,13H2,1H3,(H,22,25)(H,23,26). The summed E-state index contributed by atoms with van der Waals surface area (Å²) in [6, 6.07) is 19.9. The molecule has 0 bridgehead atoms. The zero-order valence-electron chi connectivity index (χ0n) is 14.3. The number of fused-ring (bicyclic) bond motifs is 1. The van der Waals surface area contributed by atoms with Gasteiger partial charge in [0.1, 0.15) is 5.78 Å². The second-order valence-corrected chi connectivity index (χ2v) is 5.95. The Kier molecular flexibility index (Phi) is 5.08. The number of ketones is 1. The highest BCUT2D eigenvalue weighted by molar-refractivity contribution is 6.13. The Labute approximate surface area is 151 Å². The molecule has 0 heterocycles. The van der Waals surface area contributed by atoms with Gasteiger partial charge in [0.25, 0.3) is 5.91 Å². The fourth-order valence-corrected chi connectivity index (χ4v) is 2.72. The van der Waals surface area contributed by atoms with Gasteiger partial charge in [0, 0.05) is 27.7 Å². The quantitative estimate of drug-likeness (QED) is 0.686. The van der Waals surface area contributed by atoms with Gasteiger partial charge in [-0.2, -0.15) is 0 Å². The molecule has 0 aliphatic heterocycles. The van der Waals surface area contributed by atoms with E-state index in [0.29, 0.717) is 16.9 Å². The molecule has 3 aromatic carbocycles. The minimum Gasteiger partial charge on any atom is -0.325 e. The summed E-state index contributed by atoms with van der Waals surface area (Å²) < 4.78 is 0. The molecule has 0 saturated heterocycles. The summed E-state index contributed by atoms with van der Waals surface area (Å²) in [5, 5.41) is 7.25. The van der Waals surface area contributed by atoms with Crippen molar-refractivity contribution >= 4 is 39.7 Å². The van der Waals surface area contributed by atoms with Gasteiger partial charge in [-0.05, 0) is 31.2 Å². The zero-order valence-corrected chi connectivity index (χ0v) is 14.3. The lowest BCUT2D eigenvalue weighted by molar-refractivity contribution is -0.124. The number of hydrogen-bond acceptors (Lipinski definition) is 3. The van der Waals surface area contributed by atoms with Crippen LogP contribution in [-0.2, 0) is 9.59 Å². The van der Waals surface area contributed by atoms with Crippen LogP contribution in [0.5, 0.6) is 0 Å². The maximum Gasteiger partial charge on any atom is 0.255 e. The Morgan fingerprint density at radius 3 is 1.85 bits per heavy atom. The SMILES string of the molecule is CC(=O)CC(=O)Nc1ccc(NC(=O)c2ccccc2)c2ccccc12. The second-order valence-electron chi connectivity index (χ2n) is 5.95. The zero-order chi connectivity index (χ0) is 18.5. The van der Waals surface area contributed by atoms with Crippen LogP contribution in [0.2, 0.25) is 0 Å². The molecular weight excluding hydrogens is 328 g/mol. The molecule has 0 atom stereocenters. The lowest BCUT2D eigenvalue weighted by Crippen LogP contribution is -2.15. The molecular formula is C21H18N2O3. The van der Waals surface area contributed by atoms with Crippen LogP contribution in [0.1, 0.15) is 23.7 Å². The molecule has 0 aliphatic carbocycles. The molecule has 0 spiro atoms. The smallest absolute Gasteiger partial charge is 0.255 e. The summed E-state index contributed by atoms with van der Waals surface area (Å²) in [4.78, 5) is 35.4. The van der Waals surface area contributed by atoms with E-state index < -0.39 is 0 Å². The van der Waals surface area contributed by atoms with E-state index in [4.69, 9.17) is 0 Å². The van der Waals surface area contributed by atoms with Crippen LogP contribution in [0.4, 0.5) is 11.4 Å². The second kappa shape index (κ2) is 7.61. The summed E-state index contributed by atoms with van der Waals surface area (Å²) in [5.74, 6) is -0.758. The molecule has 0 unspecified atom stereocenters. The van der Waals surface area contributed by atoms with Crippen molar-refractivity contribution in [3.05, 3.63) is 72.3 Å². The lowest BCUT2D eigenvalue weighted by atomic mass is 10.1. The maximum atomic E-state index is 12.4. The van der Waals surface area contributed by atoms with Gasteiger partial charge < -0.3 is 10.6 Å². The third-order valence-electron chi connectivity index (χ3n) is 3.89. The maximum absolute atomic E-state index is 12.4. The van der Waals surface area contributed by atoms with Gasteiger partial charge in [0.05, 0.1) is 6.42 Å². The molecule has 3 rings (SSSR count). The molecule has 0 radical (unpaired) electrons. The first kappa shape index (κ1) is 17.4. The van der Waals surface area contributed by atoms with Crippen molar-refractivity contribution in [3.8, 4) is 0 Å². The van der Waals surface area contributed by atoms with Crippen molar-refractivity contribution in [1.29, 1.82) is 0 Å². The predicted octanol–water partition coefficient (Wildman–Crippen LogP) is 4.01. The fraction of sp³-hybridized carbons (Fsp3) is 0.0952. The van der Waals surface area contributed by atoms with E-state index in [2.05, 4.69) is 10.6 Å². The Morgan fingerprint density at radius 1 is 0.731 bits per heavy atom. The highest BCUT2D eigenvalue weighted by Gasteiger charge is 2.12. The van der Waals surface area contributed by atoms with Crippen LogP contribution in [0.3, 0.4) is 0 Å². The van der Waals surface area contributed by atoms with Gasteiger partial charge >= 0.3 is 0 Å². The largest absolute Gasteiger partial charge is 0.325 e. The molecule has 130 valence electrons. The van der Waals surface area contributed by atoms with Crippen LogP contribution in [0.15, 0.2) is 66.7 Å². The molecule has 26 heavy (non-hydrogen) atoms. The average molecular weight is 346 g/mol. The number of carbonyl (C=O) groups excluding carboxylic acids is 3. The summed E-state index contributed by atoms with van der Waals surface area (Å²) in [6.45, 7) is 1.37. The van der Waals surface area contributed by atoms with Gasteiger partial charge in [-0.1, -0.05) is 42.5 Å². The molecule has 0 aromatic heterocycles. The van der Waals surface area contributed by atoms with Crippen molar-refractivity contribution in [3.63, 3.8) is 0 Å². The first-order valence-electron chi connectivity index (χ1n) is 8.22. The number of amides is 2. The van der Waals surface area contributed by atoms with Gasteiger partial charge in [0.15, 0.2) is 0 Å². The number of nitrogens with one attached hydrogen (secondary N) is 2. The van der Waals surface area contributed by atoms with Crippen molar-refractivity contribution in [1.82, 2.24) is 0 Å². The highest BCUT2D eigenvalue weighted by atomic mass is 16.2. The van der Waals surface area contributed by atoms with Crippen LogP contribution < -0.4 is 10.6 Å². The molecule has 0 saturated carbocycles. The predicted molar refractivity (Wildman–Crippen MR) is 102 cm³/mol. The molecule has 3 aromatic rings. The molecule has 2 amide bonds. The Morgan fingerprint density at radius 2 is 1.27 bits per heavy atom. The van der Waals surface area contributed by atoms with Gasteiger partial charge in [-0.3, -0.25) is 14.4 Å². The van der Waals surface area contributed by atoms with Crippen LogP contribution in [0.25, 0.3) is 10.8 Å². The first-order chi connectivity index (χ1) is 12.5. The van der Waals surface area contributed by atoms with Gasteiger partial charge in [0.2, 0.25) is 5.91 Å². The average Bonchev–Trinajstić information content (AvgIpc) is 2.64.